The quantitative estimate of drug-likeness (QED) is 0.807. The molecule has 1 amide bonds. The molecule has 1 saturated heterocycles. The van der Waals surface area contributed by atoms with E-state index in [0.29, 0.717) is 13.1 Å². The second-order valence-electron chi connectivity index (χ2n) is 5.98. The number of nitrogens with zero attached hydrogens (tertiary/aromatic N) is 2. The molecule has 0 aliphatic carbocycles. The summed E-state index contributed by atoms with van der Waals surface area (Å²) in [6.45, 7) is 5.20. The first-order valence-corrected chi connectivity index (χ1v) is 8.16. The van der Waals surface area contributed by atoms with Gasteiger partial charge < -0.3 is 9.80 Å². The van der Waals surface area contributed by atoms with Gasteiger partial charge in [-0.05, 0) is 42.3 Å². The molecule has 1 aliphatic rings. The van der Waals surface area contributed by atoms with Gasteiger partial charge in [0.05, 0.1) is 0 Å². The molecule has 0 spiro atoms. The van der Waals surface area contributed by atoms with Gasteiger partial charge in [0.1, 0.15) is 5.82 Å². The van der Waals surface area contributed by atoms with Gasteiger partial charge in [-0.15, -0.1) is 0 Å². The van der Waals surface area contributed by atoms with E-state index in [4.69, 9.17) is 0 Å². The zero-order valence-corrected chi connectivity index (χ0v) is 13.8. The fraction of sp³-hybridized carbons (Fsp3) is 0.250. The Bertz CT molecular complexity index is 732. The molecule has 4 heteroatoms. The van der Waals surface area contributed by atoms with Crippen molar-refractivity contribution in [3.8, 4) is 0 Å². The number of halogens is 1. The van der Waals surface area contributed by atoms with Gasteiger partial charge >= 0.3 is 0 Å². The number of rotatable bonds is 3. The number of hydrogen-bond donors (Lipinski definition) is 0. The number of anilines is 1. The fourth-order valence-corrected chi connectivity index (χ4v) is 2.93. The zero-order valence-electron chi connectivity index (χ0n) is 13.8. The van der Waals surface area contributed by atoms with Crippen molar-refractivity contribution in [2.75, 3.05) is 31.1 Å². The van der Waals surface area contributed by atoms with Crippen molar-refractivity contribution in [2.24, 2.45) is 0 Å². The molecular formula is C20H21FN2O. The van der Waals surface area contributed by atoms with Crippen LogP contribution in [0.1, 0.15) is 11.1 Å². The molecule has 2 aromatic rings. The largest absolute Gasteiger partial charge is 0.368 e. The minimum absolute atomic E-state index is 0.00348. The highest BCUT2D eigenvalue weighted by Crippen LogP contribution is 2.20. The van der Waals surface area contributed by atoms with Crippen molar-refractivity contribution < 1.29 is 9.18 Å². The van der Waals surface area contributed by atoms with Crippen molar-refractivity contribution in [2.45, 2.75) is 6.92 Å². The van der Waals surface area contributed by atoms with Gasteiger partial charge in [-0.3, -0.25) is 4.79 Å². The second kappa shape index (κ2) is 7.30. The number of aryl methyl sites for hydroxylation is 1. The Labute approximate surface area is 142 Å². The van der Waals surface area contributed by atoms with E-state index in [1.807, 2.05) is 17.0 Å². The van der Waals surface area contributed by atoms with Crippen molar-refractivity contribution in [3.05, 3.63) is 71.6 Å². The molecule has 0 saturated carbocycles. The zero-order chi connectivity index (χ0) is 16.9. The molecule has 3 nitrogen and oxygen atoms in total. The lowest BCUT2D eigenvalue weighted by atomic mass is 10.1. The Kier molecular flexibility index (Phi) is 4.94. The van der Waals surface area contributed by atoms with Gasteiger partial charge in [-0.25, -0.2) is 4.39 Å². The Hall–Kier alpha value is -2.62. The lowest BCUT2D eigenvalue weighted by Crippen LogP contribution is -2.48. The SMILES string of the molecule is Cc1ccccc1N1CCN(C(=O)/C=C/c2ccc(F)cc2)CC1. The summed E-state index contributed by atoms with van der Waals surface area (Å²) < 4.78 is 12.9. The first-order chi connectivity index (χ1) is 11.6. The highest BCUT2D eigenvalue weighted by Gasteiger charge is 2.20. The van der Waals surface area contributed by atoms with Crippen molar-refractivity contribution in [3.63, 3.8) is 0 Å². The van der Waals surface area contributed by atoms with Crippen LogP contribution < -0.4 is 4.90 Å². The lowest BCUT2D eigenvalue weighted by molar-refractivity contribution is -0.126. The van der Waals surface area contributed by atoms with Gasteiger partial charge in [0, 0.05) is 37.9 Å². The minimum atomic E-state index is -0.272. The standard InChI is InChI=1S/C20H21FN2O/c1-16-4-2-3-5-19(16)22-12-14-23(15-13-22)20(24)11-8-17-6-9-18(21)10-7-17/h2-11H,12-15H2,1H3/b11-8+. The van der Waals surface area contributed by atoms with Gasteiger partial charge in [0.15, 0.2) is 0 Å². The van der Waals surface area contributed by atoms with Gasteiger partial charge in [0.25, 0.3) is 0 Å². The van der Waals surface area contributed by atoms with Crippen LogP contribution in [0.15, 0.2) is 54.6 Å². The van der Waals surface area contributed by atoms with Crippen LogP contribution in [0.3, 0.4) is 0 Å². The summed E-state index contributed by atoms with van der Waals surface area (Å²) >= 11 is 0. The van der Waals surface area contributed by atoms with Crippen molar-refractivity contribution >= 4 is 17.7 Å². The molecule has 1 aliphatic heterocycles. The summed E-state index contributed by atoms with van der Waals surface area (Å²) in [6.07, 6.45) is 3.30. The summed E-state index contributed by atoms with van der Waals surface area (Å²) in [6, 6.07) is 14.4. The summed E-state index contributed by atoms with van der Waals surface area (Å²) in [7, 11) is 0. The number of carbonyl (C=O) groups is 1. The van der Waals surface area contributed by atoms with E-state index in [0.717, 1.165) is 18.7 Å². The molecule has 0 atom stereocenters. The van der Waals surface area contributed by atoms with Crippen LogP contribution in [0.5, 0.6) is 0 Å². The first-order valence-electron chi connectivity index (χ1n) is 8.16. The van der Waals surface area contributed by atoms with Crippen LogP contribution in [0.4, 0.5) is 10.1 Å². The van der Waals surface area contributed by atoms with Crippen molar-refractivity contribution in [1.29, 1.82) is 0 Å². The molecule has 0 aromatic heterocycles. The van der Waals surface area contributed by atoms with Crippen molar-refractivity contribution in [1.82, 2.24) is 4.90 Å². The summed E-state index contributed by atoms with van der Waals surface area (Å²) in [5.41, 5.74) is 3.32. The molecule has 1 heterocycles. The monoisotopic (exact) mass is 324 g/mol. The third-order valence-electron chi connectivity index (χ3n) is 4.34. The Morgan fingerprint density at radius 2 is 1.67 bits per heavy atom. The topological polar surface area (TPSA) is 23.6 Å². The normalized spacial score (nSPS) is 15.1. The molecule has 2 aromatic carbocycles. The molecule has 1 fully saturated rings. The molecule has 0 bridgehead atoms. The van der Waals surface area contributed by atoms with Gasteiger partial charge in [0.2, 0.25) is 5.91 Å². The molecule has 0 radical (unpaired) electrons. The maximum atomic E-state index is 12.9. The molecule has 0 unspecified atom stereocenters. The number of amides is 1. The predicted molar refractivity (Wildman–Crippen MR) is 95.4 cm³/mol. The maximum Gasteiger partial charge on any atom is 0.246 e. The minimum Gasteiger partial charge on any atom is -0.368 e. The molecular weight excluding hydrogens is 303 g/mol. The van der Waals surface area contributed by atoms with E-state index in [1.165, 1.54) is 23.4 Å². The molecule has 24 heavy (non-hydrogen) atoms. The average Bonchev–Trinajstić information content (AvgIpc) is 2.61. The second-order valence-corrected chi connectivity index (χ2v) is 5.98. The van der Waals surface area contributed by atoms with Gasteiger partial charge in [-0.2, -0.15) is 0 Å². The van der Waals surface area contributed by atoms with Crippen LogP contribution in [0, 0.1) is 12.7 Å². The molecule has 124 valence electrons. The smallest absolute Gasteiger partial charge is 0.246 e. The number of carbonyl (C=O) groups excluding carboxylic acids is 1. The van der Waals surface area contributed by atoms with E-state index in [2.05, 4.69) is 24.0 Å². The first kappa shape index (κ1) is 16.2. The Balaban J connectivity index is 1.57. The lowest BCUT2D eigenvalue weighted by Gasteiger charge is -2.36. The number of piperazine rings is 1. The van der Waals surface area contributed by atoms with E-state index in [1.54, 1.807) is 24.3 Å². The Morgan fingerprint density at radius 3 is 2.33 bits per heavy atom. The van der Waals surface area contributed by atoms with Crippen LogP contribution >= 0.6 is 0 Å². The number of hydrogen-bond acceptors (Lipinski definition) is 2. The van der Waals surface area contributed by atoms with E-state index in [-0.39, 0.29) is 11.7 Å². The summed E-state index contributed by atoms with van der Waals surface area (Å²) in [4.78, 5) is 16.5. The van der Waals surface area contributed by atoms with E-state index < -0.39 is 0 Å². The number of para-hydroxylation sites is 1. The fourth-order valence-electron chi connectivity index (χ4n) is 2.93. The third-order valence-corrected chi connectivity index (χ3v) is 4.34. The van der Waals surface area contributed by atoms with Crippen LogP contribution in [0.25, 0.3) is 6.08 Å². The Morgan fingerprint density at radius 1 is 1.00 bits per heavy atom. The predicted octanol–water partition coefficient (Wildman–Crippen LogP) is 3.50. The average molecular weight is 324 g/mol. The number of benzene rings is 2. The van der Waals surface area contributed by atoms with E-state index >= 15 is 0 Å². The summed E-state index contributed by atoms with van der Waals surface area (Å²) in [5.74, 6) is -0.269. The highest BCUT2D eigenvalue weighted by atomic mass is 19.1. The summed E-state index contributed by atoms with van der Waals surface area (Å²) in [5, 5.41) is 0. The molecule has 0 N–H and O–H groups in total. The molecule has 3 rings (SSSR count). The third kappa shape index (κ3) is 3.82. The van der Waals surface area contributed by atoms with Crippen LogP contribution in [-0.2, 0) is 4.79 Å². The van der Waals surface area contributed by atoms with Gasteiger partial charge in [-0.1, -0.05) is 30.3 Å². The van der Waals surface area contributed by atoms with Crippen LogP contribution in [-0.4, -0.2) is 37.0 Å². The maximum absolute atomic E-state index is 12.9. The van der Waals surface area contributed by atoms with Crippen LogP contribution in [0.2, 0.25) is 0 Å². The highest BCUT2D eigenvalue weighted by molar-refractivity contribution is 5.92. The van der Waals surface area contributed by atoms with E-state index in [9.17, 15) is 9.18 Å².